The van der Waals surface area contributed by atoms with E-state index in [9.17, 15) is 9.90 Å². The average molecular weight is 318 g/mol. The predicted octanol–water partition coefficient (Wildman–Crippen LogP) is 3.67. The van der Waals surface area contributed by atoms with Gasteiger partial charge in [0.2, 0.25) is 0 Å². The monoisotopic (exact) mass is 317 g/mol. The van der Waals surface area contributed by atoms with Gasteiger partial charge in [-0.2, -0.15) is 0 Å². The number of rotatable bonds is 2. The largest absolute Gasteiger partial charge is 0.478 e. The third-order valence-corrected chi connectivity index (χ3v) is 3.86. The van der Waals surface area contributed by atoms with Gasteiger partial charge < -0.3 is 10.0 Å². The topological polar surface area (TPSA) is 40.5 Å². The van der Waals surface area contributed by atoms with Crippen LogP contribution in [0, 0.1) is 0 Å². The third kappa shape index (κ3) is 2.24. The Bertz CT molecular complexity index is 629. The van der Waals surface area contributed by atoms with Crippen LogP contribution in [0.1, 0.15) is 21.5 Å². The molecule has 0 atom stereocenters. The zero-order chi connectivity index (χ0) is 13.4. The summed E-state index contributed by atoms with van der Waals surface area (Å²) in [5.41, 5.74) is 3.64. The summed E-state index contributed by atoms with van der Waals surface area (Å²) >= 11 is 3.32. The Labute approximate surface area is 119 Å². The van der Waals surface area contributed by atoms with Crippen LogP contribution < -0.4 is 4.90 Å². The van der Waals surface area contributed by atoms with Crippen molar-refractivity contribution in [2.75, 3.05) is 4.90 Å². The average Bonchev–Trinajstić information content (AvgIpc) is 2.82. The minimum Gasteiger partial charge on any atom is -0.478 e. The van der Waals surface area contributed by atoms with Gasteiger partial charge in [-0.15, -0.1) is 0 Å². The van der Waals surface area contributed by atoms with E-state index >= 15 is 0 Å². The van der Waals surface area contributed by atoms with Crippen molar-refractivity contribution in [1.82, 2.24) is 0 Å². The Balaban J connectivity index is 1.99. The Kier molecular flexibility index (Phi) is 3.03. The number of carboxylic acid groups (broad SMARTS) is 1. The van der Waals surface area contributed by atoms with Gasteiger partial charge in [0.05, 0.1) is 11.3 Å². The first kappa shape index (κ1) is 12.2. The molecule has 3 rings (SSSR count). The molecule has 0 amide bonds. The Morgan fingerprint density at radius 1 is 1.11 bits per heavy atom. The summed E-state index contributed by atoms with van der Waals surface area (Å²) in [6.45, 7) is 1.52. The van der Waals surface area contributed by atoms with Gasteiger partial charge in [0, 0.05) is 17.6 Å². The summed E-state index contributed by atoms with van der Waals surface area (Å²) in [5.74, 6) is -0.896. The van der Waals surface area contributed by atoms with Crippen molar-refractivity contribution in [3.05, 3.63) is 63.6 Å². The molecule has 0 spiro atoms. The van der Waals surface area contributed by atoms with E-state index in [4.69, 9.17) is 0 Å². The minimum atomic E-state index is -0.896. The summed E-state index contributed by atoms with van der Waals surface area (Å²) in [4.78, 5) is 13.5. The number of nitrogens with zero attached hydrogens (tertiary/aromatic N) is 1. The lowest BCUT2D eigenvalue weighted by Crippen LogP contribution is -2.18. The van der Waals surface area contributed by atoms with E-state index in [-0.39, 0.29) is 0 Å². The fourth-order valence-corrected chi connectivity index (χ4v) is 2.82. The molecule has 0 aromatic heterocycles. The lowest BCUT2D eigenvalue weighted by molar-refractivity contribution is 0.0697. The molecule has 3 nitrogen and oxygen atoms in total. The zero-order valence-corrected chi connectivity index (χ0v) is 11.7. The van der Waals surface area contributed by atoms with Gasteiger partial charge in [0.15, 0.2) is 0 Å². The Morgan fingerprint density at radius 2 is 1.74 bits per heavy atom. The maximum Gasteiger partial charge on any atom is 0.337 e. The standard InChI is InChI=1S/C15H12BrNO2/c16-12-5-6-14(13(7-12)15(18)19)17-8-10-3-1-2-4-11(10)9-17/h1-7H,8-9H2,(H,18,19). The van der Waals surface area contributed by atoms with Gasteiger partial charge in [0.1, 0.15) is 0 Å². The first-order valence-corrected chi connectivity index (χ1v) is 6.79. The highest BCUT2D eigenvalue weighted by atomic mass is 79.9. The van der Waals surface area contributed by atoms with Crippen LogP contribution in [0.2, 0.25) is 0 Å². The summed E-state index contributed by atoms with van der Waals surface area (Å²) in [6, 6.07) is 13.6. The van der Waals surface area contributed by atoms with Crippen LogP contribution >= 0.6 is 15.9 Å². The maximum absolute atomic E-state index is 11.4. The fraction of sp³-hybridized carbons (Fsp3) is 0.133. The van der Waals surface area contributed by atoms with Gasteiger partial charge in [-0.1, -0.05) is 40.2 Å². The lowest BCUT2D eigenvalue weighted by atomic mass is 10.1. The normalized spacial score (nSPS) is 13.4. The van der Waals surface area contributed by atoms with Crippen molar-refractivity contribution in [1.29, 1.82) is 0 Å². The van der Waals surface area contributed by atoms with Crippen molar-refractivity contribution in [2.24, 2.45) is 0 Å². The van der Waals surface area contributed by atoms with Crippen LogP contribution in [0.5, 0.6) is 0 Å². The zero-order valence-electron chi connectivity index (χ0n) is 10.1. The molecule has 1 N–H and O–H groups in total. The van der Waals surface area contributed by atoms with E-state index in [1.54, 1.807) is 6.07 Å². The molecule has 0 fully saturated rings. The number of carboxylic acids is 1. The second kappa shape index (κ2) is 4.70. The third-order valence-electron chi connectivity index (χ3n) is 3.37. The van der Waals surface area contributed by atoms with Gasteiger partial charge in [0.25, 0.3) is 0 Å². The first-order chi connectivity index (χ1) is 9.15. The molecule has 1 aliphatic rings. The van der Waals surface area contributed by atoms with Crippen LogP contribution in [-0.4, -0.2) is 11.1 Å². The number of hydrogen-bond acceptors (Lipinski definition) is 2. The van der Waals surface area contributed by atoms with Crippen LogP contribution in [0.15, 0.2) is 46.9 Å². The molecule has 2 aromatic carbocycles. The fourth-order valence-electron chi connectivity index (χ4n) is 2.46. The molecule has 0 aliphatic carbocycles. The van der Waals surface area contributed by atoms with E-state index in [0.717, 1.165) is 23.2 Å². The van der Waals surface area contributed by atoms with E-state index in [2.05, 4.69) is 33.0 Å². The van der Waals surface area contributed by atoms with Crippen molar-refractivity contribution >= 4 is 27.6 Å². The van der Waals surface area contributed by atoms with Crippen LogP contribution in [0.4, 0.5) is 5.69 Å². The molecule has 0 radical (unpaired) electrons. The summed E-state index contributed by atoms with van der Waals surface area (Å²) < 4.78 is 0.783. The molecule has 4 heteroatoms. The van der Waals surface area contributed by atoms with E-state index in [1.165, 1.54) is 11.1 Å². The molecule has 1 heterocycles. The first-order valence-electron chi connectivity index (χ1n) is 6.00. The van der Waals surface area contributed by atoms with Crippen LogP contribution in [0.3, 0.4) is 0 Å². The van der Waals surface area contributed by atoms with Crippen molar-refractivity contribution in [2.45, 2.75) is 13.1 Å². The van der Waals surface area contributed by atoms with Crippen molar-refractivity contribution in [3.63, 3.8) is 0 Å². The molecule has 0 unspecified atom stereocenters. The van der Waals surface area contributed by atoms with Crippen LogP contribution in [-0.2, 0) is 13.1 Å². The van der Waals surface area contributed by atoms with Gasteiger partial charge in [-0.25, -0.2) is 4.79 Å². The summed E-state index contributed by atoms with van der Waals surface area (Å²) in [6.07, 6.45) is 0. The predicted molar refractivity (Wildman–Crippen MR) is 77.4 cm³/mol. The van der Waals surface area contributed by atoms with E-state index in [0.29, 0.717) is 5.56 Å². The molecule has 0 bridgehead atoms. The number of anilines is 1. The number of benzene rings is 2. The second-order valence-electron chi connectivity index (χ2n) is 4.59. The van der Waals surface area contributed by atoms with Gasteiger partial charge in [-0.3, -0.25) is 0 Å². The Morgan fingerprint density at radius 3 is 2.32 bits per heavy atom. The lowest BCUT2D eigenvalue weighted by Gasteiger charge is -2.20. The number of carbonyl (C=O) groups is 1. The molecule has 2 aromatic rings. The molecule has 19 heavy (non-hydrogen) atoms. The number of halogens is 1. The van der Waals surface area contributed by atoms with Crippen molar-refractivity contribution in [3.8, 4) is 0 Å². The van der Waals surface area contributed by atoms with E-state index in [1.807, 2.05) is 24.3 Å². The molecule has 96 valence electrons. The van der Waals surface area contributed by atoms with Crippen molar-refractivity contribution < 1.29 is 9.90 Å². The molecular weight excluding hydrogens is 306 g/mol. The number of aromatic carboxylic acids is 1. The SMILES string of the molecule is O=C(O)c1cc(Br)ccc1N1Cc2ccccc2C1. The van der Waals surface area contributed by atoms with Crippen LogP contribution in [0.25, 0.3) is 0 Å². The summed E-state index contributed by atoms with van der Waals surface area (Å²) in [5, 5.41) is 9.32. The quantitative estimate of drug-likeness (QED) is 0.918. The summed E-state index contributed by atoms with van der Waals surface area (Å²) in [7, 11) is 0. The van der Waals surface area contributed by atoms with Gasteiger partial charge in [-0.05, 0) is 29.3 Å². The number of fused-ring (bicyclic) bond motifs is 1. The molecule has 0 saturated carbocycles. The Hall–Kier alpha value is -1.81. The highest BCUT2D eigenvalue weighted by molar-refractivity contribution is 9.10. The minimum absolute atomic E-state index is 0.335. The second-order valence-corrected chi connectivity index (χ2v) is 5.51. The maximum atomic E-state index is 11.4. The van der Waals surface area contributed by atoms with Gasteiger partial charge >= 0.3 is 5.97 Å². The smallest absolute Gasteiger partial charge is 0.337 e. The molecule has 1 aliphatic heterocycles. The van der Waals surface area contributed by atoms with E-state index < -0.39 is 5.97 Å². The highest BCUT2D eigenvalue weighted by Crippen LogP contribution is 2.32. The highest BCUT2D eigenvalue weighted by Gasteiger charge is 2.22. The molecular formula is C15H12BrNO2. The molecule has 0 saturated heterocycles. The number of hydrogen-bond donors (Lipinski definition) is 1.